The van der Waals surface area contributed by atoms with Gasteiger partial charge in [0.05, 0.1) is 5.75 Å². The van der Waals surface area contributed by atoms with Crippen LogP contribution in [0.2, 0.25) is 0 Å². The van der Waals surface area contributed by atoms with Crippen molar-refractivity contribution < 1.29 is 17.5 Å². The first-order chi connectivity index (χ1) is 6.08. The molecule has 5 heteroatoms. The highest BCUT2D eigenvalue weighted by atomic mass is 32.2. The standard InChI is InChI=1S/C8H11NO3S/c10-13(11,12)8-4-7-9-5-2-1-3-6-9/h1-3,5-6H,4,7-8H2/p+1. The molecule has 1 N–H and O–H groups in total. The quantitative estimate of drug-likeness (QED) is 0.562. The van der Waals surface area contributed by atoms with Crippen LogP contribution in [-0.4, -0.2) is 18.7 Å². The molecular formula is C8H12NO3S+. The lowest BCUT2D eigenvalue weighted by Gasteiger charge is -1.94. The number of rotatable bonds is 4. The van der Waals surface area contributed by atoms with Crippen molar-refractivity contribution in [3.63, 3.8) is 0 Å². The highest BCUT2D eigenvalue weighted by Gasteiger charge is 2.06. The first kappa shape index (κ1) is 10.1. The Bertz CT molecular complexity index is 347. The van der Waals surface area contributed by atoms with Crippen molar-refractivity contribution in [1.82, 2.24) is 0 Å². The van der Waals surface area contributed by atoms with Gasteiger partial charge in [-0.25, -0.2) is 4.57 Å². The van der Waals surface area contributed by atoms with E-state index in [2.05, 4.69) is 0 Å². The lowest BCUT2D eigenvalue weighted by molar-refractivity contribution is -0.696. The molecule has 0 unspecified atom stereocenters. The molecule has 0 bridgehead atoms. The maximum atomic E-state index is 10.4. The van der Waals surface area contributed by atoms with E-state index in [0.29, 0.717) is 13.0 Å². The first-order valence-corrected chi connectivity index (χ1v) is 5.58. The van der Waals surface area contributed by atoms with Crippen LogP contribution < -0.4 is 4.57 Å². The predicted octanol–water partition coefficient (Wildman–Crippen LogP) is 0.252. The minimum Gasteiger partial charge on any atom is -0.286 e. The van der Waals surface area contributed by atoms with E-state index >= 15 is 0 Å². The third-order valence-electron chi connectivity index (χ3n) is 1.60. The summed E-state index contributed by atoms with van der Waals surface area (Å²) in [5.74, 6) is -0.186. The molecular weight excluding hydrogens is 190 g/mol. The minimum atomic E-state index is -3.81. The van der Waals surface area contributed by atoms with Crippen LogP contribution in [0.1, 0.15) is 6.42 Å². The van der Waals surface area contributed by atoms with E-state index in [1.54, 1.807) is 0 Å². The molecule has 0 aliphatic rings. The lowest BCUT2D eigenvalue weighted by atomic mass is 10.4. The maximum Gasteiger partial charge on any atom is 0.265 e. The van der Waals surface area contributed by atoms with Gasteiger partial charge in [-0.2, -0.15) is 8.42 Å². The van der Waals surface area contributed by atoms with Crippen molar-refractivity contribution in [2.75, 3.05) is 5.75 Å². The Kier molecular flexibility index (Phi) is 3.39. The van der Waals surface area contributed by atoms with E-state index in [0.717, 1.165) is 0 Å². The van der Waals surface area contributed by atoms with E-state index in [9.17, 15) is 8.42 Å². The van der Waals surface area contributed by atoms with Gasteiger partial charge in [0.25, 0.3) is 10.1 Å². The molecule has 0 aliphatic heterocycles. The van der Waals surface area contributed by atoms with Crippen LogP contribution >= 0.6 is 0 Å². The number of nitrogens with zero attached hydrogens (tertiary/aromatic N) is 1. The smallest absolute Gasteiger partial charge is 0.265 e. The average Bonchev–Trinajstić information content (AvgIpc) is 2.04. The molecule has 0 radical (unpaired) electrons. The van der Waals surface area contributed by atoms with E-state index in [1.165, 1.54) is 0 Å². The van der Waals surface area contributed by atoms with Gasteiger partial charge in [0.1, 0.15) is 6.54 Å². The van der Waals surface area contributed by atoms with Gasteiger partial charge in [-0.3, -0.25) is 4.55 Å². The zero-order valence-corrected chi connectivity index (χ0v) is 7.94. The fourth-order valence-electron chi connectivity index (χ4n) is 1.01. The van der Waals surface area contributed by atoms with Crippen LogP contribution in [0.15, 0.2) is 30.6 Å². The molecule has 0 aromatic carbocycles. The van der Waals surface area contributed by atoms with Crippen molar-refractivity contribution in [3.8, 4) is 0 Å². The van der Waals surface area contributed by atoms with Gasteiger partial charge in [-0.15, -0.1) is 0 Å². The summed E-state index contributed by atoms with van der Waals surface area (Å²) in [6.45, 7) is 0.598. The molecule has 0 fully saturated rings. The van der Waals surface area contributed by atoms with Crippen LogP contribution in [0.4, 0.5) is 0 Å². The summed E-state index contributed by atoms with van der Waals surface area (Å²) in [7, 11) is -3.81. The van der Waals surface area contributed by atoms with Crippen LogP contribution in [-0.2, 0) is 16.7 Å². The molecule has 0 atom stereocenters. The molecule has 0 aliphatic carbocycles. The number of hydrogen-bond donors (Lipinski definition) is 1. The lowest BCUT2D eigenvalue weighted by Crippen LogP contribution is -2.33. The number of aromatic nitrogens is 1. The summed E-state index contributed by atoms with van der Waals surface area (Å²) in [6.07, 6.45) is 4.13. The second-order valence-corrected chi connectivity index (χ2v) is 4.32. The van der Waals surface area contributed by atoms with Gasteiger partial charge in [0.2, 0.25) is 0 Å². The summed E-state index contributed by atoms with van der Waals surface area (Å²) in [5, 5.41) is 0. The Hall–Kier alpha value is -0.940. The van der Waals surface area contributed by atoms with Gasteiger partial charge in [0, 0.05) is 18.6 Å². The molecule has 0 saturated heterocycles. The third-order valence-corrected chi connectivity index (χ3v) is 2.40. The van der Waals surface area contributed by atoms with Crippen LogP contribution in [0.5, 0.6) is 0 Å². The summed E-state index contributed by atoms with van der Waals surface area (Å²) in [4.78, 5) is 0. The Morgan fingerprint density at radius 3 is 2.31 bits per heavy atom. The molecule has 13 heavy (non-hydrogen) atoms. The monoisotopic (exact) mass is 202 g/mol. The second kappa shape index (κ2) is 4.34. The van der Waals surface area contributed by atoms with Crippen molar-refractivity contribution in [2.24, 2.45) is 0 Å². The van der Waals surface area contributed by atoms with Crippen molar-refractivity contribution in [1.29, 1.82) is 0 Å². The van der Waals surface area contributed by atoms with Gasteiger partial charge < -0.3 is 0 Å². The SMILES string of the molecule is O=S(=O)(O)CCC[n+]1ccccc1. The van der Waals surface area contributed by atoms with Gasteiger partial charge >= 0.3 is 0 Å². The van der Waals surface area contributed by atoms with Crippen molar-refractivity contribution in [2.45, 2.75) is 13.0 Å². The van der Waals surface area contributed by atoms with Crippen LogP contribution in [0.3, 0.4) is 0 Å². The second-order valence-electron chi connectivity index (χ2n) is 2.75. The Balaban J connectivity index is 2.37. The highest BCUT2D eigenvalue weighted by Crippen LogP contribution is 1.88. The molecule has 1 rings (SSSR count). The molecule has 1 aromatic rings. The fourth-order valence-corrected chi connectivity index (χ4v) is 1.51. The Morgan fingerprint density at radius 2 is 1.77 bits per heavy atom. The summed E-state index contributed by atoms with van der Waals surface area (Å²) >= 11 is 0. The summed E-state index contributed by atoms with van der Waals surface area (Å²) < 4.78 is 31.1. The van der Waals surface area contributed by atoms with Crippen LogP contribution in [0.25, 0.3) is 0 Å². The Labute approximate surface area is 77.6 Å². The zero-order valence-electron chi connectivity index (χ0n) is 7.13. The maximum absolute atomic E-state index is 10.4. The molecule has 0 spiro atoms. The molecule has 1 heterocycles. The van der Waals surface area contributed by atoms with E-state index in [-0.39, 0.29) is 5.75 Å². The van der Waals surface area contributed by atoms with Crippen molar-refractivity contribution in [3.05, 3.63) is 30.6 Å². The number of pyridine rings is 1. The topological polar surface area (TPSA) is 58.3 Å². The minimum absolute atomic E-state index is 0.186. The molecule has 0 saturated carbocycles. The van der Waals surface area contributed by atoms with E-state index < -0.39 is 10.1 Å². The summed E-state index contributed by atoms with van der Waals surface area (Å²) in [6, 6.07) is 5.63. The summed E-state index contributed by atoms with van der Waals surface area (Å²) in [5.41, 5.74) is 0. The third kappa shape index (κ3) is 4.59. The number of hydrogen-bond acceptors (Lipinski definition) is 2. The Morgan fingerprint density at radius 1 is 1.15 bits per heavy atom. The van der Waals surface area contributed by atoms with Crippen LogP contribution in [0, 0.1) is 0 Å². The van der Waals surface area contributed by atoms with Crippen molar-refractivity contribution >= 4 is 10.1 Å². The first-order valence-electron chi connectivity index (χ1n) is 3.97. The average molecular weight is 202 g/mol. The predicted molar refractivity (Wildman–Crippen MR) is 47.7 cm³/mol. The van der Waals surface area contributed by atoms with Gasteiger partial charge in [0.15, 0.2) is 12.4 Å². The molecule has 4 nitrogen and oxygen atoms in total. The van der Waals surface area contributed by atoms with Gasteiger partial charge in [-0.05, 0) is 0 Å². The molecule has 0 amide bonds. The zero-order chi connectivity index (χ0) is 9.73. The fraction of sp³-hybridized carbons (Fsp3) is 0.375. The van der Waals surface area contributed by atoms with E-state index in [1.807, 2.05) is 35.2 Å². The highest BCUT2D eigenvalue weighted by molar-refractivity contribution is 7.85. The normalized spacial score (nSPS) is 11.5. The van der Waals surface area contributed by atoms with Gasteiger partial charge in [-0.1, -0.05) is 6.07 Å². The molecule has 1 aromatic heterocycles. The van der Waals surface area contributed by atoms with E-state index in [4.69, 9.17) is 4.55 Å². The number of aryl methyl sites for hydroxylation is 1. The largest absolute Gasteiger partial charge is 0.286 e. The molecule has 72 valence electrons.